The summed E-state index contributed by atoms with van der Waals surface area (Å²) in [4.78, 5) is 0. The standard InChI is InChI=1S/C12H18O/c1-5-9-7-6-8-10(11(9)13)12(2,3)4/h5-8,11,13H,1-4H3. The Hall–Kier alpha value is -0.820. The van der Waals surface area contributed by atoms with E-state index >= 15 is 0 Å². The van der Waals surface area contributed by atoms with Crippen LogP contribution in [0.5, 0.6) is 0 Å². The van der Waals surface area contributed by atoms with Crippen molar-refractivity contribution < 1.29 is 5.11 Å². The highest BCUT2D eigenvalue weighted by atomic mass is 16.3. The van der Waals surface area contributed by atoms with Crippen LogP contribution in [0, 0.1) is 5.41 Å². The lowest BCUT2D eigenvalue weighted by atomic mass is 9.79. The molecule has 72 valence electrons. The lowest BCUT2D eigenvalue weighted by Crippen LogP contribution is -2.24. The summed E-state index contributed by atoms with van der Waals surface area (Å²) in [6.45, 7) is 8.31. The Morgan fingerprint density at radius 1 is 1.38 bits per heavy atom. The first-order valence-electron chi connectivity index (χ1n) is 4.70. The predicted octanol–water partition coefficient (Wildman–Crippen LogP) is 2.84. The van der Waals surface area contributed by atoms with E-state index in [0.717, 1.165) is 11.1 Å². The molecule has 1 atom stereocenters. The molecule has 0 heterocycles. The third kappa shape index (κ3) is 2.10. The minimum atomic E-state index is -0.421. The molecular weight excluding hydrogens is 160 g/mol. The first-order chi connectivity index (χ1) is 5.96. The predicted molar refractivity (Wildman–Crippen MR) is 56.4 cm³/mol. The SMILES string of the molecule is CC=C1C=CC=C(C(C)(C)C)C1O. The van der Waals surface area contributed by atoms with Crippen molar-refractivity contribution in [3.05, 3.63) is 35.5 Å². The Morgan fingerprint density at radius 3 is 2.46 bits per heavy atom. The summed E-state index contributed by atoms with van der Waals surface area (Å²) in [6.07, 6.45) is 7.51. The van der Waals surface area contributed by atoms with E-state index in [2.05, 4.69) is 20.8 Å². The molecule has 0 aromatic carbocycles. The van der Waals surface area contributed by atoms with E-state index in [4.69, 9.17) is 0 Å². The fraction of sp³-hybridized carbons (Fsp3) is 0.500. The van der Waals surface area contributed by atoms with Crippen molar-refractivity contribution in [3.63, 3.8) is 0 Å². The monoisotopic (exact) mass is 178 g/mol. The summed E-state index contributed by atoms with van der Waals surface area (Å²) in [5, 5.41) is 9.98. The van der Waals surface area contributed by atoms with Crippen LogP contribution in [0.1, 0.15) is 27.7 Å². The van der Waals surface area contributed by atoms with Crippen molar-refractivity contribution >= 4 is 0 Å². The molecular formula is C12H18O. The summed E-state index contributed by atoms with van der Waals surface area (Å²) < 4.78 is 0. The van der Waals surface area contributed by atoms with Gasteiger partial charge in [-0.3, -0.25) is 0 Å². The first-order valence-corrected chi connectivity index (χ1v) is 4.70. The van der Waals surface area contributed by atoms with Crippen LogP contribution in [-0.4, -0.2) is 11.2 Å². The van der Waals surface area contributed by atoms with Gasteiger partial charge in [-0.2, -0.15) is 0 Å². The number of hydrogen-bond donors (Lipinski definition) is 1. The van der Waals surface area contributed by atoms with Crippen molar-refractivity contribution in [2.75, 3.05) is 0 Å². The Labute approximate surface area is 80.5 Å². The van der Waals surface area contributed by atoms with Gasteiger partial charge in [0.05, 0.1) is 0 Å². The van der Waals surface area contributed by atoms with Crippen LogP contribution < -0.4 is 0 Å². The van der Waals surface area contributed by atoms with Gasteiger partial charge in [-0.25, -0.2) is 0 Å². The van der Waals surface area contributed by atoms with Crippen LogP contribution in [0.25, 0.3) is 0 Å². The van der Waals surface area contributed by atoms with E-state index in [1.165, 1.54) is 0 Å². The third-order valence-corrected chi connectivity index (χ3v) is 2.37. The van der Waals surface area contributed by atoms with Gasteiger partial charge in [0.1, 0.15) is 6.10 Å². The second kappa shape index (κ2) is 3.51. The fourth-order valence-corrected chi connectivity index (χ4v) is 1.54. The highest BCUT2D eigenvalue weighted by molar-refractivity contribution is 5.41. The molecule has 0 aromatic rings. The number of allylic oxidation sites excluding steroid dienone is 3. The van der Waals surface area contributed by atoms with E-state index in [1.807, 2.05) is 31.2 Å². The summed E-state index contributed by atoms with van der Waals surface area (Å²) in [7, 11) is 0. The Kier molecular flexibility index (Phi) is 2.77. The Bertz CT molecular complexity index is 274. The third-order valence-electron chi connectivity index (χ3n) is 2.37. The van der Waals surface area contributed by atoms with Crippen molar-refractivity contribution in [1.29, 1.82) is 0 Å². The molecule has 0 saturated heterocycles. The average molecular weight is 178 g/mol. The maximum absolute atomic E-state index is 9.98. The molecule has 1 heteroatoms. The zero-order valence-corrected chi connectivity index (χ0v) is 8.83. The van der Waals surface area contributed by atoms with Crippen LogP contribution >= 0.6 is 0 Å². The zero-order chi connectivity index (χ0) is 10.1. The van der Waals surface area contributed by atoms with Crippen LogP contribution in [0.3, 0.4) is 0 Å². The van der Waals surface area contributed by atoms with E-state index < -0.39 is 6.10 Å². The highest BCUT2D eigenvalue weighted by Gasteiger charge is 2.26. The molecule has 0 spiro atoms. The molecule has 1 unspecified atom stereocenters. The minimum absolute atomic E-state index is 0.0401. The molecule has 1 aliphatic carbocycles. The fourth-order valence-electron chi connectivity index (χ4n) is 1.54. The van der Waals surface area contributed by atoms with Crippen LogP contribution in [0.4, 0.5) is 0 Å². The summed E-state index contributed by atoms with van der Waals surface area (Å²) >= 11 is 0. The normalized spacial score (nSPS) is 26.4. The van der Waals surface area contributed by atoms with E-state index in [0.29, 0.717) is 0 Å². The molecule has 0 fully saturated rings. The second-order valence-electron chi connectivity index (χ2n) is 4.42. The van der Waals surface area contributed by atoms with Gasteiger partial charge in [0, 0.05) is 0 Å². The lowest BCUT2D eigenvalue weighted by molar-refractivity contribution is 0.220. The molecule has 0 aliphatic heterocycles. The van der Waals surface area contributed by atoms with Gasteiger partial charge in [0.25, 0.3) is 0 Å². The van der Waals surface area contributed by atoms with Gasteiger partial charge in [-0.05, 0) is 23.5 Å². The zero-order valence-electron chi connectivity index (χ0n) is 8.83. The molecule has 1 aliphatic rings. The van der Waals surface area contributed by atoms with Gasteiger partial charge >= 0.3 is 0 Å². The van der Waals surface area contributed by atoms with E-state index in [9.17, 15) is 5.11 Å². The molecule has 1 rings (SSSR count). The summed E-state index contributed by atoms with van der Waals surface area (Å²) in [5.41, 5.74) is 2.12. The quantitative estimate of drug-likeness (QED) is 0.604. The van der Waals surface area contributed by atoms with Gasteiger partial charge in [-0.1, -0.05) is 45.1 Å². The topological polar surface area (TPSA) is 20.2 Å². The van der Waals surface area contributed by atoms with Gasteiger partial charge in [0.2, 0.25) is 0 Å². The second-order valence-corrected chi connectivity index (χ2v) is 4.42. The highest BCUT2D eigenvalue weighted by Crippen LogP contribution is 2.33. The van der Waals surface area contributed by atoms with E-state index in [1.54, 1.807) is 0 Å². The van der Waals surface area contributed by atoms with Crippen LogP contribution in [0.2, 0.25) is 0 Å². The van der Waals surface area contributed by atoms with Crippen molar-refractivity contribution in [2.24, 2.45) is 5.41 Å². The maximum Gasteiger partial charge on any atom is 0.101 e. The average Bonchev–Trinajstić information content (AvgIpc) is 2.02. The number of hydrogen-bond acceptors (Lipinski definition) is 1. The number of rotatable bonds is 0. The largest absolute Gasteiger partial charge is 0.384 e. The van der Waals surface area contributed by atoms with Gasteiger partial charge in [-0.15, -0.1) is 0 Å². The van der Waals surface area contributed by atoms with Gasteiger partial charge < -0.3 is 5.11 Å². The summed E-state index contributed by atoms with van der Waals surface area (Å²) in [6, 6.07) is 0. The molecule has 0 radical (unpaired) electrons. The Morgan fingerprint density at radius 2 is 2.00 bits per heavy atom. The smallest absolute Gasteiger partial charge is 0.101 e. The minimum Gasteiger partial charge on any atom is -0.384 e. The molecule has 0 aromatic heterocycles. The number of aliphatic hydroxyl groups excluding tert-OH is 1. The van der Waals surface area contributed by atoms with Crippen LogP contribution in [-0.2, 0) is 0 Å². The van der Waals surface area contributed by atoms with Crippen LogP contribution in [0.15, 0.2) is 35.5 Å². The van der Waals surface area contributed by atoms with Crippen molar-refractivity contribution in [3.8, 4) is 0 Å². The first kappa shape index (κ1) is 10.3. The molecule has 13 heavy (non-hydrogen) atoms. The Balaban J connectivity index is 3.01. The van der Waals surface area contributed by atoms with Crippen molar-refractivity contribution in [1.82, 2.24) is 0 Å². The van der Waals surface area contributed by atoms with Crippen molar-refractivity contribution in [2.45, 2.75) is 33.8 Å². The summed E-state index contributed by atoms with van der Waals surface area (Å²) in [5.74, 6) is 0. The molecule has 0 amide bonds. The molecule has 1 N–H and O–H groups in total. The lowest BCUT2D eigenvalue weighted by Gasteiger charge is -2.29. The van der Waals surface area contributed by atoms with E-state index in [-0.39, 0.29) is 5.41 Å². The molecule has 1 nitrogen and oxygen atoms in total. The van der Waals surface area contributed by atoms with Gasteiger partial charge in [0.15, 0.2) is 0 Å². The molecule has 0 bridgehead atoms. The maximum atomic E-state index is 9.98. The number of aliphatic hydroxyl groups is 1. The molecule has 0 saturated carbocycles.